The van der Waals surface area contributed by atoms with Gasteiger partial charge in [0.15, 0.2) is 11.5 Å². The maximum atomic E-state index is 11.5. The average Bonchev–Trinajstić information content (AvgIpc) is 2.71. The van der Waals surface area contributed by atoms with Crippen molar-refractivity contribution >= 4 is 34.7 Å². The summed E-state index contributed by atoms with van der Waals surface area (Å²) in [5.41, 5.74) is 3.36. The smallest absolute Gasteiger partial charge is 0.290 e. The fourth-order valence-electron chi connectivity index (χ4n) is 1.63. The third-order valence-electron chi connectivity index (χ3n) is 2.47. The first-order chi connectivity index (χ1) is 9.55. The zero-order valence-corrected chi connectivity index (χ0v) is 11.5. The Morgan fingerprint density at radius 2 is 2.10 bits per heavy atom. The van der Waals surface area contributed by atoms with Crippen molar-refractivity contribution in [3.05, 3.63) is 22.6 Å². The molecule has 0 aliphatic carbocycles. The first kappa shape index (κ1) is 14.2. The summed E-state index contributed by atoms with van der Waals surface area (Å²) < 4.78 is 5.04. The second-order valence-electron chi connectivity index (χ2n) is 3.78. The van der Waals surface area contributed by atoms with Crippen molar-refractivity contribution in [3.63, 3.8) is 0 Å². The van der Waals surface area contributed by atoms with Crippen LogP contribution in [0.4, 0.5) is 10.5 Å². The van der Waals surface area contributed by atoms with E-state index in [2.05, 4.69) is 10.8 Å². The molecule has 1 aliphatic heterocycles. The molecule has 1 fully saturated rings. The molecule has 2 amide bonds. The van der Waals surface area contributed by atoms with Crippen molar-refractivity contribution in [2.45, 2.75) is 0 Å². The number of methoxy groups -OCH3 is 1. The Morgan fingerprint density at radius 3 is 2.65 bits per heavy atom. The van der Waals surface area contributed by atoms with E-state index in [1.807, 2.05) is 0 Å². The van der Waals surface area contributed by atoms with Gasteiger partial charge in [0.25, 0.3) is 11.1 Å². The van der Waals surface area contributed by atoms with Crippen LogP contribution in [0.25, 0.3) is 6.08 Å². The highest BCUT2D eigenvalue weighted by molar-refractivity contribution is 8.18. The van der Waals surface area contributed by atoms with E-state index in [4.69, 9.17) is 9.57 Å². The first-order valence-corrected chi connectivity index (χ1v) is 6.31. The second-order valence-corrected chi connectivity index (χ2v) is 4.79. The van der Waals surface area contributed by atoms with Gasteiger partial charge in [-0.05, 0) is 35.5 Å². The van der Waals surface area contributed by atoms with Crippen molar-refractivity contribution in [1.29, 1.82) is 0 Å². The number of carbonyl (C=O) groups is 2. The van der Waals surface area contributed by atoms with Crippen molar-refractivity contribution < 1.29 is 24.3 Å². The molecule has 0 spiro atoms. The molecule has 7 nitrogen and oxygen atoms in total. The molecule has 1 aromatic carbocycles. The monoisotopic (exact) mass is 296 g/mol. The SMILES string of the molecule is CONc1cc(/C=C2\SC(=O)NC2=O)cc(OC)c1O. The molecule has 106 valence electrons. The first-order valence-electron chi connectivity index (χ1n) is 5.50. The largest absolute Gasteiger partial charge is 0.503 e. The summed E-state index contributed by atoms with van der Waals surface area (Å²) in [6.07, 6.45) is 1.52. The number of anilines is 1. The highest BCUT2D eigenvalue weighted by Gasteiger charge is 2.25. The summed E-state index contributed by atoms with van der Waals surface area (Å²) in [5, 5.41) is 11.6. The second kappa shape index (κ2) is 5.85. The van der Waals surface area contributed by atoms with Gasteiger partial charge in [-0.15, -0.1) is 0 Å². The van der Waals surface area contributed by atoms with Crippen molar-refractivity contribution in [2.75, 3.05) is 19.7 Å². The number of benzene rings is 1. The molecule has 2 rings (SSSR count). The van der Waals surface area contributed by atoms with E-state index in [0.717, 1.165) is 11.8 Å². The number of phenols is 1. The minimum atomic E-state index is -0.451. The number of carbonyl (C=O) groups excluding carboxylic acids is 2. The summed E-state index contributed by atoms with van der Waals surface area (Å²) in [6, 6.07) is 3.10. The average molecular weight is 296 g/mol. The van der Waals surface area contributed by atoms with E-state index in [0.29, 0.717) is 5.56 Å². The number of ether oxygens (including phenoxy) is 1. The molecule has 20 heavy (non-hydrogen) atoms. The molecule has 1 heterocycles. The van der Waals surface area contributed by atoms with Gasteiger partial charge in [0.2, 0.25) is 0 Å². The summed E-state index contributed by atoms with van der Waals surface area (Å²) >= 11 is 0.812. The summed E-state index contributed by atoms with van der Waals surface area (Å²) in [4.78, 5) is 27.6. The number of amides is 2. The third-order valence-corrected chi connectivity index (χ3v) is 3.28. The van der Waals surface area contributed by atoms with Gasteiger partial charge in [-0.1, -0.05) is 0 Å². The Kier molecular flexibility index (Phi) is 4.16. The predicted octanol–water partition coefficient (Wildman–Crippen LogP) is 1.70. The topological polar surface area (TPSA) is 96.9 Å². The number of hydrogen-bond acceptors (Lipinski definition) is 7. The van der Waals surface area contributed by atoms with Crippen LogP contribution in [0.2, 0.25) is 0 Å². The zero-order valence-electron chi connectivity index (χ0n) is 10.7. The lowest BCUT2D eigenvalue weighted by Gasteiger charge is -2.11. The molecule has 3 N–H and O–H groups in total. The van der Waals surface area contributed by atoms with Crippen molar-refractivity contribution in [1.82, 2.24) is 5.32 Å². The van der Waals surface area contributed by atoms with E-state index < -0.39 is 11.1 Å². The van der Waals surface area contributed by atoms with E-state index in [1.165, 1.54) is 20.3 Å². The van der Waals surface area contributed by atoms with Crippen LogP contribution in [0.15, 0.2) is 17.0 Å². The number of nitrogens with one attached hydrogen (secondary N) is 2. The summed E-state index contributed by atoms with van der Waals surface area (Å²) in [6.45, 7) is 0. The summed E-state index contributed by atoms with van der Waals surface area (Å²) in [5.74, 6) is -0.349. The maximum Gasteiger partial charge on any atom is 0.290 e. The minimum Gasteiger partial charge on any atom is -0.503 e. The van der Waals surface area contributed by atoms with Crippen molar-refractivity contribution in [2.24, 2.45) is 0 Å². The van der Waals surface area contributed by atoms with Gasteiger partial charge < -0.3 is 9.84 Å². The fraction of sp³-hybridized carbons (Fsp3) is 0.167. The zero-order chi connectivity index (χ0) is 14.7. The molecule has 0 unspecified atom stereocenters. The Balaban J connectivity index is 2.41. The normalized spacial score (nSPS) is 16.4. The summed E-state index contributed by atoms with van der Waals surface area (Å²) in [7, 11) is 2.80. The molecular weight excluding hydrogens is 284 g/mol. The van der Waals surface area contributed by atoms with Crippen LogP contribution in [0.1, 0.15) is 5.56 Å². The fourth-order valence-corrected chi connectivity index (χ4v) is 2.31. The quantitative estimate of drug-likeness (QED) is 0.442. The number of phenolic OH excluding ortho intramolecular Hbond substituents is 1. The number of rotatable bonds is 4. The lowest BCUT2D eigenvalue weighted by Crippen LogP contribution is -2.17. The van der Waals surface area contributed by atoms with Gasteiger partial charge >= 0.3 is 0 Å². The molecule has 1 aliphatic rings. The Bertz CT molecular complexity index is 600. The van der Waals surface area contributed by atoms with Gasteiger partial charge in [0.1, 0.15) is 5.69 Å². The maximum absolute atomic E-state index is 11.5. The van der Waals surface area contributed by atoms with Gasteiger partial charge in [-0.25, -0.2) is 0 Å². The highest BCUT2D eigenvalue weighted by Crippen LogP contribution is 2.37. The Hall–Kier alpha value is -2.19. The number of aromatic hydroxyl groups is 1. The lowest BCUT2D eigenvalue weighted by molar-refractivity contribution is -0.115. The molecule has 0 aromatic heterocycles. The molecular formula is C12H12N2O5S. The van der Waals surface area contributed by atoms with Crippen LogP contribution < -0.4 is 15.5 Å². The molecule has 0 saturated carbocycles. The molecule has 8 heteroatoms. The molecule has 1 saturated heterocycles. The minimum absolute atomic E-state index is 0.115. The van der Waals surface area contributed by atoms with Gasteiger partial charge in [-0.3, -0.25) is 25.2 Å². The number of hydrogen-bond donors (Lipinski definition) is 3. The van der Waals surface area contributed by atoms with Crippen LogP contribution >= 0.6 is 11.8 Å². The van der Waals surface area contributed by atoms with Gasteiger partial charge in [-0.2, -0.15) is 0 Å². The van der Waals surface area contributed by atoms with E-state index in [-0.39, 0.29) is 22.1 Å². The van der Waals surface area contributed by atoms with Gasteiger partial charge in [0, 0.05) is 0 Å². The van der Waals surface area contributed by atoms with E-state index >= 15 is 0 Å². The van der Waals surface area contributed by atoms with Crippen LogP contribution in [0, 0.1) is 0 Å². The van der Waals surface area contributed by atoms with Crippen molar-refractivity contribution in [3.8, 4) is 11.5 Å². The molecule has 0 atom stereocenters. The van der Waals surface area contributed by atoms with Crippen LogP contribution in [0.5, 0.6) is 11.5 Å². The number of thioether (sulfide) groups is 1. The Morgan fingerprint density at radius 1 is 1.35 bits per heavy atom. The standard InChI is InChI=1S/C12H12N2O5S/c1-18-8-4-6(3-7(10(8)15)14-19-2)5-9-11(16)13-12(17)20-9/h3-5,14-15H,1-2H3,(H,13,16,17)/b9-5-. The number of imide groups is 1. The lowest BCUT2D eigenvalue weighted by atomic mass is 10.1. The molecule has 1 aromatic rings. The van der Waals surface area contributed by atoms with E-state index in [1.54, 1.807) is 12.1 Å². The molecule has 0 bridgehead atoms. The Labute approximate surface area is 118 Å². The highest BCUT2D eigenvalue weighted by atomic mass is 32.2. The third kappa shape index (κ3) is 2.86. The molecule has 0 radical (unpaired) electrons. The van der Waals surface area contributed by atoms with Crippen LogP contribution in [-0.4, -0.2) is 30.5 Å². The van der Waals surface area contributed by atoms with Crippen LogP contribution in [0.3, 0.4) is 0 Å². The van der Waals surface area contributed by atoms with Gasteiger partial charge in [0.05, 0.1) is 19.1 Å². The predicted molar refractivity (Wildman–Crippen MR) is 74.4 cm³/mol. The van der Waals surface area contributed by atoms with Crippen LogP contribution in [-0.2, 0) is 9.63 Å². The van der Waals surface area contributed by atoms with E-state index in [9.17, 15) is 14.7 Å².